The molecule has 0 saturated carbocycles. The number of rotatable bonds is 3. The first kappa shape index (κ1) is 14.5. The van der Waals surface area contributed by atoms with Crippen LogP contribution in [-0.2, 0) is 6.54 Å². The molecular formula is C15H15BrN2O2. The quantitative estimate of drug-likeness (QED) is 0.937. The molecule has 0 aliphatic carbocycles. The minimum absolute atomic E-state index is 0.0798. The van der Waals surface area contributed by atoms with Crippen LogP contribution in [0.1, 0.15) is 22.8 Å². The molecule has 0 aliphatic rings. The van der Waals surface area contributed by atoms with Gasteiger partial charge in [-0.3, -0.25) is 9.59 Å². The molecule has 0 atom stereocenters. The molecule has 1 aromatic carbocycles. The van der Waals surface area contributed by atoms with Gasteiger partial charge in [-0.1, -0.05) is 15.9 Å². The number of nitrogens with one attached hydrogen (secondary N) is 1. The van der Waals surface area contributed by atoms with Crippen LogP contribution in [-0.4, -0.2) is 10.5 Å². The first-order chi connectivity index (χ1) is 9.49. The van der Waals surface area contributed by atoms with E-state index in [4.69, 9.17) is 0 Å². The minimum Gasteiger partial charge on any atom is -0.321 e. The molecule has 1 amide bonds. The van der Waals surface area contributed by atoms with Gasteiger partial charge in [-0.2, -0.15) is 0 Å². The molecule has 1 N–H and O–H groups in total. The average molecular weight is 335 g/mol. The van der Waals surface area contributed by atoms with Crippen molar-refractivity contribution in [2.24, 2.45) is 0 Å². The number of carbonyl (C=O) groups is 1. The summed E-state index contributed by atoms with van der Waals surface area (Å²) in [7, 11) is 0. The summed E-state index contributed by atoms with van der Waals surface area (Å²) in [6.45, 7) is 4.38. The first-order valence-corrected chi connectivity index (χ1v) is 7.08. The van der Waals surface area contributed by atoms with Crippen LogP contribution >= 0.6 is 15.9 Å². The van der Waals surface area contributed by atoms with E-state index >= 15 is 0 Å². The zero-order chi connectivity index (χ0) is 14.7. The van der Waals surface area contributed by atoms with E-state index < -0.39 is 0 Å². The molecule has 104 valence electrons. The summed E-state index contributed by atoms with van der Waals surface area (Å²) in [5, 5.41) is 2.80. The highest BCUT2D eigenvalue weighted by Crippen LogP contribution is 2.16. The summed E-state index contributed by atoms with van der Waals surface area (Å²) in [6.07, 6.45) is 1.64. The van der Waals surface area contributed by atoms with Crippen molar-refractivity contribution in [3.63, 3.8) is 0 Å². The summed E-state index contributed by atoms with van der Waals surface area (Å²) in [4.78, 5) is 23.7. The molecule has 0 bridgehead atoms. The van der Waals surface area contributed by atoms with Crippen molar-refractivity contribution in [1.29, 1.82) is 0 Å². The normalized spacial score (nSPS) is 10.3. The van der Waals surface area contributed by atoms with Crippen LogP contribution in [0.4, 0.5) is 5.69 Å². The van der Waals surface area contributed by atoms with Crippen LogP contribution in [0.3, 0.4) is 0 Å². The van der Waals surface area contributed by atoms with Crippen LogP contribution in [0, 0.1) is 6.92 Å². The zero-order valence-electron chi connectivity index (χ0n) is 11.3. The van der Waals surface area contributed by atoms with Gasteiger partial charge in [0.1, 0.15) is 0 Å². The number of benzene rings is 1. The van der Waals surface area contributed by atoms with Crippen molar-refractivity contribution in [1.82, 2.24) is 4.57 Å². The predicted octanol–water partition coefficient (Wildman–Crippen LogP) is 3.19. The molecule has 0 saturated heterocycles. The van der Waals surface area contributed by atoms with Gasteiger partial charge in [0.15, 0.2) is 0 Å². The molecule has 0 spiro atoms. The Hall–Kier alpha value is -1.88. The number of hydrogen-bond acceptors (Lipinski definition) is 2. The number of aromatic nitrogens is 1. The molecule has 1 aromatic heterocycles. The standard InChI is InChI=1S/C15H15BrN2O2/c1-3-18-9-13(4-5-14(18)19)17-15(20)11-6-10(2)7-12(16)8-11/h4-9H,3H2,1-2H3,(H,17,20). The van der Waals surface area contributed by atoms with Crippen molar-refractivity contribution >= 4 is 27.5 Å². The number of pyridine rings is 1. The van der Waals surface area contributed by atoms with Gasteiger partial charge in [0.25, 0.3) is 11.5 Å². The number of amides is 1. The van der Waals surface area contributed by atoms with E-state index in [2.05, 4.69) is 21.2 Å². The summed E-state index contributed by atoms with van der Waals surface area (Å²) < 4.78 is 2.41. The van der Waals surface area contributed by atoms with E-state index in [0.29, 0.717) is 17.8 Å². The SMILES string of the molecule is CCn1cc(NC(=O)c2cc(C)cc(Br)c2)ccc1=O. The fourth-order valence-corrected chi connectivity index (χ4v) is 2.53. The van der Waals surface area contributed by atoms with Crippen molar-refractivity contribution < 1.29 is 4.79 Å². The third-order valence-electron chi connectivity index (χ3n) is 2.89. The van der Waals surface area contributed by atoms with Crippen molar-refractivity contribution in [3.05, 3.63) is 62.5 Å². The molecule has 0 unspecified atom stereocenters. The van der Waals surface area contributed by atoms with Gasteiger partial charge in [0, 0.05) is 28.8 Å². The van der Waals surface area contributed by atoms with E-state index in [-0.39, 0.29) is 11.5 Å². The molecule has 0 aliphatic heterocycles. The third kappa shape index (κ3) is 3.36. The number of aryl methyl sites for hydroxylation is 2. The fraction of sp³-hybridized carbons (Fsp3) is 0.200. The monoisotopic (exact) mass is 334 g/mol. The topological polar surface area (TPSA) is 51.1 Å². The summed E-state index contributed by atoms with van der Waals surface area (Å²) >= 11 is 3.37. The van der Waals surface area contributed by atoms with Crippen LogP contribution < -0.4 is 10.9 Å². The first-order valence-electron chi connectivity index (χ1n) is 6.28. The van der Waals surface area contributed by atoms with Crippen molar-refractivity contribution in [2.75, 3.05) is 5.32 Å². The lowest BCUT2D eigenvalue weighted by molar-refractivity contribution is 0.102. The summed E-state index contributed by atoms with van der Waals surface area (Å²) in [5.41, 5.74) is 2.10. The van der Waals surface area contributed by atoms with E-state index in [1.54, 1.807) is 22.9 Å². The zero-order valence-corrected chi connectivity index (χ0v) is 12.9. The summed E-state index contributed by atoms with van der Waals surface area (Å²) in [6, 6.07) is 8.57. The van der Waals surface area contributed by atoms with Crippen LogP contribution in [0.5, 0.6) is 0 Å². The van der Waals surface area contributed by atoms with Gasteiger partial charge in [0.2, 0.25) is 0 Å². The maximum atomic E-state index is 12.2. The lowest BCUT2D eigenvalue weighted by atomic mass is 10.1. The highest BCUT2D eigenvalue weighted by molar-refractivity contribution is 9.10. The van der Waals surface area contributed by atoms with E-state index in [9.17, 15) is 9.59 Å². The second kappa shape index (κ2) is 6.05. The number of nitrogens with zero attached hydrogens (tertiary/aromatic N) is 1. The lowest BCUT2D eigenvalue weighted by Gasteiger charge is -2.08. The molecule has 2 rings (SSSR count). The fourth-order valence-electron chi connectivity index (χ4n) is 1.92. The predicted molar refractivity (Wildman–Crippen MR) is 83.2 cm³/mol. The second-order valence-corrected chi connectivity index (χ2v) is 5.43. The van der Waals surface area contributed by atoms with Gasteiger partial charge in [-0.05, 0) is 43.7 Å². The third-order valence-corrected chi connectivity index (χ3v) is 3.34. The Morgan fingerprint density at radius 2 is 2.05 bits per heavy atom. The van der Waals surface area contributed by atoms with E-state index in [1.165, 1.54) is 6.07 Å². The Labute approximate surface area is 125 Å². The summed E-state index contributed by atoms with van der Waals surface area (Å²) in [5.74, 6) is -0.198. The van der Waals surface area contributed by atoms with Gasteiger partial charge in [-0.15, -0.1) is 0 Å². The van der Waals surface area contributed by atoms with Gasteiger partial charge < -0.3 is 9.88 Å². The maximum absolute atomic E-state index is 12.2. The molecule has 20 heavy (non-hydrogen) atoms. The van der Waals surface area contributed by atoms with Crippen LogP contribution in [0.25, 0.3) is 0 Å². The largest absolute Gasteiger partial charge is 0.321 e. The Balaban J connectivity index is 2.25. The average Bonchev–Trinajstić information content (AvgIpc) is 2.39. The molecule has 5 heteroatoms. The second-order valence-electron chi connectivity index (χ2n) is 4.51. The molecule has 4 nitrogen and oxygen atoms in total. The Bertz CT molecular complexity index is 687. The van der Waals surface area contributed by atoms with Crippen LogP contribution in [0.15, 0.2) is 45.8 Å². The molecule has 0 radical (unpaired) electrons. The number of halogens is 1. The highest BCUT2D eigenvalue weighted by Gasteiger charge is 2.08. The maximum Gasteiger partial charge on any atom is 0.255 e. The Kier molecular flexibility index (Phi) is 4.39. The van der Waals surface area contributed by atoms with Crippen molar-refractivity contribution in [2.45, 2.75) is 20.4 Å². The lowest BCUT2D eigenvalue weighted by Crippen LogP contribution is -2.19. The number of hydrogen-bond donors (Lipinski definition) is 1. The van der Waals surface area contributed by atoms with Crippen LogP contribution in [0.2, 0.25) is 0 Å². The Morgan fingerprint density at radius 1 is 1.30 bits per heavy atom. The number of carbonyl (C=O) groups excluding carboxylic acids is 1. The van der Waals surface area contributed by atoms with E-state index in [0.717, 1.165) is 10.0 Å². The van der Waals surface area contributed by atoms with Gasteiger partial charge >= 0.3 is 0 Å². The smallest absolute Gasteiger partial charge is 0.255 e. The highest BCUT2D eigenvalue weighted by atomic mass is 79.9. The molecule has 2 aromatic rings. The number of anilines is 1. The Morgan fingerprint density at radius 3 is 2.70 bits per heavy atom. The van der Waals surface area contributed by atoms with E-state index in [1.807, 2.05) is 26.0 Å². The minimum atomic E-state index is -0.198. The van der Waals surface area contributed by atoms with Crippen molar-refractivity contribution in [3.8, 4) is 0 Å². The molecule has 1 heterocycles. The molecule has 0 fully saturated rings. The van der Waals surface area contributed by atoms with Gasteiger partial charge in [-0.25, -0.2) is 0 Å². The molecular weight excluding hydrogens is 320 g/mol. The van der Waals surface area contributed by atoms with Gasteiger partial charge in [0.05, 0.1) is 5.69 Å².